The molecule has 0 aromatic carbocycles. The van der Waals surface area contributed by atoms with Gasteiger partial charge in [0.05, 0.1) is 5.92 Å². The molecular formula is C12H19N3O4S. The summed E-state index contributed by atoms with van der Waals surface area (Å²) < 4.78 is 0. The molecule has 8 heteroatoms. The van der Waals surface area contributed by atoms with E-state index in [9.17, 15) is 19.5 Å². The van der Waals surface area contributed by atoms with Gasteiger partial charge in [0.2, 0.25) is 5.91 Å². The molecule has 2 aliphatic heterocycles. The van der Waals surface area contributed by atoms with Gasteiger partial charge >= 0.3 is 12.0 Å². The number of hydrogen-bond acceptors (Lipinski definition) is 4. The van der Waals surface area contributed by atoms with Gasteiger partial charge in [-0.25, -0.2) is 9.59 Å². The molecule has 2 atom stereocenters. The Balaban J connectivity index is 2.05. The number of carboxylic acids is 1. The lowest BCUT2D eigenvalue weighted by molar-refractivity contribution is -0.141. The molecule has 7 nitrogen and oxygen atoms in total. The zero-order valence-corrected chi connectivity index (χ0v) is 12.0. The van der Waals surface area contributed by atoms with E-state index in [1.54, 1.807) is 4.90 Å². The average molecular weight is 301 g/mol. The minimum absolute atomic E-state index is 0.288. The van der Waals surface area contributed by atoms with E-state index in [1.165, 1.54) is 16.7 Å². The minimum Gasteiger partial charge on any atom is -0.480 e. The number of carbonyl (C=O) groups is 3. The van der Waals surface area contributed by atoms with Crippen molar-refractivity contribution in [2.45, 2.75) is 18.9 Å². The van der Waals surface area contributed by atoms with Crippen molar-refractivity contribution in [3.63, 3.8) is 0 Å². The van der Waals surface area contributed by atoms with Crippen molar-refractivity contribution in [3.8, 4) is 0 Å². The SMILES string of the molecule is NC(=O)C1CCCN(C(=O)N2CCSCC2C(=O)O)C1. The molecule has 0 aromatic heterocycles. The quantitative estimate of drug-likeness (QED) is 0.735. The molecule has 3 N–H and O–H groups in total. The molecule has 2 saturated heterocycles. The first-order valence-corrected chi connectivity index (χ1v) is 7.81. The number of thioether (sulfide) groups is 1. The number of primary amides is 1. The Labute approximate surface area is 121 Å². The largest absolute Gasteiger partial charge is 0.480 e. The maximum absolute atomic E-state index is 12.5. The molecule has 0 aliphatic carbocycles. The Morgan fingerprint density at radius 2 is 2.00 bits per heavy atom. The Hall–Kier alpha value is -1.44. The first-order valence-electron chi connectivity index (χ1n) is 6.66. The Morgan fingerprint density at radius 1 is 1.25 bits per heavy atom. The molecule has 3 amide bonds. The van der Waals surface area contributed by atoms with Crippen LogP contribution in [0.1, 0.15) is 12.8 Å². The normalized spacial score (nSPS) is 27.2. The fourth-order valence-electron chi connectivity index (χ4n) is 2.60. The number of piperidine rings is 1. The highest BCUT2D eigenvalue weighted by Gasteiger charge is 2.36. The number of aliphatic carboxylic acids is 1. The van der Waals surface area contributed by atoms with Crippen LogP contribution in [0.2, 0.25) is 0 Å². The number of rotatable bonds is 2. The van der Waals surface area contributed by atoms with E-state index < -0.39 is 17.9 Å². The van der Waals surface area contributed by atoms with E-state index in [2.05, 4.69) is 0 Å². The third-order valence-corrected chi connectivity index (χ3v) is 4.78. The summed E-state index contributed by atoms with van der Waals surface area (Å²) in [6.07, 6.45) is 1.41. The summed E-state index contributed by atoms with van der Waals surface area (Å²) in [5, 5.41) is 9.20. The van der Waals surface area contributed by atoms with Gasteiger partial charge in [0.25, 0.3) is 0 Å². The van der Waals surface area contributed by atoms with E-state index in [1.807, 2.05) is 0 Å². The smallest absolute Gasteiger partial charge is 0.327 e. The van der Waals surface area contributed by atoms with Gasteiger partial charge in [-0.15, -0.1) is 0 Å². The standard InChI is InChI=1S/C12H19N3O4S/c13-10(16)8-2-1-3-14(6-8)12(19)15-4-5-20-7-9(15)11(17)18/h8-9H,1-7H2,(H2,13,16)(H,17,18). The number of urea groups is 1. The lowest BCUT2D eigenvalue weighted by atomic mass is 9.98. The van der Waals surface area contributed by atoms with Crippen LogP contribution in [0.5, 0.6) is 0 Å². The van der Waals surface area contributed by atoms with Gasteiger partial charge in [-0.2, -0.15) is 11.8 Å². The maximum atomic E-state index is 12.5. The Bertz CT molecular complexity index is 418. The lowest BCUT2D eigenvalue weighted by Gasteiger charge is -2.39. The molecule has 2 heterocycles. The van der Waals surface area contributed by atoms with E-state index in [4.69, 9.17) is 5.73 Å². The van der Waals surface area contributed by atoms with Crippen molar-refractivity contribution >= 4 is 29.7 Å². The first kappa shape index (κ1) is 15.0. The second-order valence-corrected chi connectivity index (χ2v) is 6.24. The second-order valence-electron chi connectivity index (χ2n) is 5.09. The maximum Gasteiger partial charge on any atom is 0.327 e. The highest BCUT2D eigenvalue weighted by atomic mass is 32.2. The predicted molar refractivity (Wildman–Crippen MR) is 74.3 cm³/mol. The van der Waals surface area contributed by atoms with Gasteiger partial charge < -0.3 is 20.6 Å². The van der Waals surface area contributed by atoms with Crippen LogP contribution in [-0.2, 0) is 9.59 Å². The first-order chi connectivity index (χ1) is 9.50. The molecule has 20 heavy (non-hydrogen) atoms. The van der Waals surface area contributed by atoms with Crippen LogP contribution in [0.15, 0.2) is 0 Å². The van der Waals surface area contributed by atoms with Gasteiger partial charge in [0, 0.05) is 31.1 Å². The summed E-state index contributed by atoms with van der Waals surface area (Å²) in [7, 11) is 0. The van der Waals surface area contributed by atoms with Crippen LogP contribution in [0.3, 0.4) is 0 Å². The number of carboxylic acid groups (broad SMARTS) is 1. The molecule has 2 aliphatic rings. The summed E-state index contributed by atoms with van der Waals surface area (Å²) in [5.74, 6) is -0.549. The zero-order chi connectivity index (χ0) is 14.7. The van der Waals surface area contributed by atoms with Crippen molar-refractivity contribution in [1.29, 1.82) is 0 Å². The fourth-order valence-corrected chi connectivity index (χ4v) is 3.64. The van der Waals surface area contributed by atoms with Gasteiger partial charge in [-0.1, -0.05) is 0 Å². The highest BCUT2D eigenvalue weighted by Crippen LogP contribution is 2.22. The summed E-state index contributed by atoms with van der Waals surface area (Å²) in [6.45, 7) is 1.28. The average Bonchev–Trinajstić information content (AvgIpc) is 2.46. The molecule has 0 radical (unpaired) electrons. The van der Waals surface area contributed by atoms with E-state index in [-0.39, 0.29) is 11.9 Å². The van der Waals surface area contributed by atoms with Crippen molar-refractivity contribution < 1.29 is 19.5 Å². The molecule has 2 rings (SSSR count). The van der Waals surface area contributed by atoms with Crippen LogP contribution in [-0.4, -0.2) is 70.0 Å². The van der Waals surface area contributed by atoms with Gasteiger partial charge in [-0.05, 0) is 12.8 Å². The van der Waals surface area contributed by atoms with Crippen molar-refractivity contribution in [2.24, 2.45) is 11.7 Å². The number of amides is 3. The Morgan fingerprint density at radius 3 is 2.65 bits per heavy atom. The summed E-state index contributed by atoms with van der Waals surface area (Å²) >= 11 is 1.54. The van der Waals surface area contributed by atoms with E-state index in [0.717, 1.165) is 12.2 Å². The number of nitrogens with two attached hydrogens (primary N) is 1. The third-order valence-electron chi connectivity index (χ3n) is 3.75. The van der Waals surface area contributed by atoms with Crippen molar-refractivity contribution in [1.82, 2.24) is 9.80 Å². The molecule has 112 valence electrons. The Kier molecular flexibility index (Phi) is 4.74. The van der Waals surface area contributed by atoms with Crippen LogP contribution >= 0.6 is 11.8 Å². The van der Waals surface area contributed by atoms with Crippen molar-refractivity contribution in [3.05, 3.63) is 0 Å². The molecule has 2 unspecified atom stereocenters. The highest BCUT2D eigenvalue weighted by molar-refractivity contribution is 7.99. The van der Waals surface area contributed by atoms with Gasteiger partial charge in [0.1, 0.15) is 6.04 Å². The molecule has 0 saturated carbocycles. The number of hydrogen-bond donors (Lipinski definition) is 2. The fraction of sp³-hybridized carbons (Fsp3) is 0.750. The van der Waals surface area contributed by atoms with Crippen molar-refractivity contribution in [2.75, 3.05) is 31.1 Å². The molecular weight excluding hydrogens is 282 g/mol. The lowest BCUT2D eigenvalue weighted by Crippen LogP contribution is -2.57. The van der Waals surface area contributed by atoms with Crippen LogP contribution in [0.4, 0.5) is 4.79 Å². The topological polar surface area (TPSA) is 104 Å². The van der Waals surface area contributed by atoms with Crippen LogP contribution < -0.4 is 5.73 Å². The summed E-state index contributed by atoms with van der Waals surface area (Å²) in [5.41, 5.74) is 5.30. The zero-order valence-electron chi connectivity index (χ0n) is 11.2. The predicted octanol–water partition coefficient (Wildman–Crippen LogP) is -0.194. The van der Waals surface area contributed by atoms with Gasteiger partial charge in [0.15, 0.2) is 0 Å². The third kappa shape index (κ3) is 3.17. The van der Waals surface area contributed by atoms with Crippen LogP contribution in [0, 0.1) is 5.92 Å². The number of nitrogens with zero attached hydrogens (tertiary/aromatic N) is 2. The second kappa shape index (κ2) is 6.34. The molecule has 2 fully saturated rings. The minimum atomic E-state index is -0.978. The number of carbonyl (C=O) groups excluding carboxylic acids is 2. The monoisotopic (exact) mass is 301 g/mol. The van der Waals surface area contributed by atoms with E-state index >= 15 is 0 Å². The van der Waals surface area contributed by atoms with Crippen LogP contribution in [0.25, 0.3) is 0 Å². The van der Waals surface area contributed by atoms with Gasteiger partial charge in [-0.3, -0.25) is 4.79 Å². The molecule has 0 spiro atoms. The molecule has 0 aromatic rings. The summed E-state index contributed by atoms with van der Waals surface area (Å²) in [6, 6.07) is -1.07. The number of likely N-dealkylation sites (tertiary alicyclic amines) is 1. The summed E-state index contributed by atoms with van der Waals surface area (Å²) in [4.78, 5) is 37.9. The molecule has 0 bridgehead atoms. The van der Waals surface area contributed by atoms with E-state index in [0.29, 0.717) is 31.8 Å².